The highest BCUT2D eigenvalue weighted by atomic mass is 19.4. The van der Waals surface area contributed by atoms with Gasteiger partial charge in [0.1, 0.15) is 0 Å². The number of hydrogen-bond donors (Lipinski definition) is 1. The molecule has 2 aromatic carbocycles. The maximum absolute atomic E-state index is 14.1. The largest absolute Gasteiger partial charge is 0.409 e. The average Bonchev–Trinajstić information content (AvgIpc) is 2.79. The Balaban J connectivity index is 2.14. The Kier molecular flexibility index (Phi) is 4.97. The molecule has 1 heterocycles. The number of rotatable bonds is 4. The molecular formula is C21H25F3N2O. The average molecular weight is 378 g/mol. The van der Waals surface area contributed by atoms with E-state index in [4.69, 9.17) is 0 Å². The maximum atomic E-state index is 14.1. The van der Waals surface area contributed by atoms with E-state index < -0.39 is 23.5 Å². The first-order chi connectivity index (χ1) is 12.5. The highest BCUT2D eigenvalue weighted by Crippen LogP contribution is 2.43. The molecule has 1 N–H and O–H groups in total. The predicted molar refractivity (Wildman–Crippen MR) is 99.9 cm³/mol. The van der Waals surface area contributed by atoms with Gasteiger partial charge in [-0.3, -0.25) is 10.2 Å². The first kappa shape index (κ1) is 19.7. The molecule has 146 valence electrons. The molecule has 27 heavy (non-hydrogen) atoms. The molecule has 0 radical (unpaired) electrons. The fraction of sp³-hybridized carbons (Fsp3) is 0.476. The van der Waals surface area contributed by atoms with Gasteiger partial charge in [-0.15, -0.1) is 0 Å². The van der Waals surface area contributed by atoms with Gasteiger partial charge in [0.25, 0.3) is 0 Å². The van der Waals surface area contributed by atoms with Crippen molar-refractivity contribution in [2.24, 2.45) is 11.3 Å². The summed E-state index contributed by atoms with van der Waals surface area (Å²) < 4.78 is 42.2. The molecule has 1 fully saturated rings. The Morgan fingerprint density at radius 2 is 1.74 bits per heavy atom. The summed E-state index contributed by atoms with van der Waals surface area (Å²) in [7, 11) is 0. The summed E-state index contributed by atoms with van der Waals surface area (Å²) in [6.07, 6.45) is -3.72. The van der Waals surface area contributed by atoms with E-state index in [1.807, 2.05) is 18.2 Å². The molecule has 3 nitrogen and oxygen atoms in total. The Bertz CT molecular complexity index is 858. The summed E-state index contributed by atoms with van der Waals surface area (Å²) in [6, 6.07) is 8.67. The third-order valence-corrected chi connectivity index (χ3v) is 5.02. The van der Waals surface area contributed by atoms with E-state index in [1.165, 1.54) is 6.07 Å². The van der Waals surface area contributed by atoms with E-state index >= 15 is 0 Å². The highest BCUT2D eigenvalue weighted by Gasteiger charge is 2.51. The van der Waals surface area contributed by atoms with Crippen LogP contribution in [0.4, 0.5) is 13.2 Å². The van der Waals surface area contributed by atoms with Crippen molar-refractivity contribution in [3.8, 4) is 0 Å². The number of nitrogens with one attached hydrogen (secondary N) is 1. The summed E-state index contributed by atoms with van der Waals surface area (Å²) >= 11 is 0. The lowest BCUT2D eigenvalue weighted by Crippen LogP contribution is -2.43. The van der Waals surface area contributed by atoms with E-state index in [9.17, 15) is 18.0 Å². The van der Waals surface area contributed by atoms with Crippen LogP contribution in [0.1, 0.15) is 44.9 Å². The smallest absolute Gasteiger partial charge is 0.287 e. The predicted octanol–water partition coefficient (Wildman–Crippen LogP) is 5.01. The van der Waals surface area contributed by atoms with Gasteiger partial charge in [0.2, 0.25) is 5.91 Å². The summed E-state index contributed by atoms with van der Waals surface area (Å²) in [5.41, 5.74) is 2.78. The van der Waals surface area contributed by atoms with E-state index in [0.717, 1.165) is 22.4 Å². The molecule has 0 saturated carbocycles. The fourth-order valence-corrected chi connectivity index (χ4v) is 3.75. The van der Waals surface area contributed by atoms with Gasteiger partial charge in [0, 0.05) is 6.54 Å². The minimum atomic E-state index is -4.52. The van der Waals surface area contributed by atoms with Crippen molar-refractivity contribution in [1.82, 2.24) is 10.4 Å². The molecule has 0 spiro atoms. The fourth-order valence-electron chi connectivity index (χ4n) is 3.75. The first-order valence-electron chi connectivity index (χ1n) is 9.15. The Labute approximate surface area is 157 Å². The zero-order valence-electron chi connectivity index (χ0n) is 16.0. The first-order valence-corrected chi connectivity index (χ1v) is 9.15. The molecule has 6 heteroatoms. The number of amides is 1. The SMILES string of the molecule is CC(C)Cc1cccc2c(C(N3CC(C)(C)C(=O)N3)C(F)(F)F)cccc12. The molecule has 1 saturated heterocycles. The quantitative estimate of drug-likeness (QED) is 0.811. The van der Waals surface area contributed by atoms with Gasteiger partial charge in [-0.05, 0) is 48.1 Å². The lowest BCUT2D eigenvalue weighted by Gasteiger charge is -2.31. The lowest BCUT2D eigenvalue weighted by atomic mass is 9.91. The molecule has 1 unspecified atom stereocenters. The second-order valence-corrected chi connectivity index (χ2v) is 8.35. The lowest BCUT2D eigenvalue weighted by molar-refractivity contribution is -0.191. The Morgan fingerprint density at radius 3 is 2.30 bits per heavy atom. The van der Waals surface area contributed by atoms with Crippen molar-refractivity contribution < 1.29 is 18.0 Å². The standard InChI is InChI=1S/C21H25F3N2O/c1-13(2)11-14-7-5-9-16-15(14)8-6-10-17(16)18(21(22,23)24)26-12-20(3,4)19(27)25-26/h5-10,13,18H,11-12H2,1-4H3,(H,25,27). The van der Waals surface area contributed by atoms with Gasteiger partial charge in [-0.2, -0.15) is 13.2 Å². The van der Waals surface area contributed by atoms with Crippen LogP contribution in [-0.4, -0.2) is 23.6 Å². The molecule has 1 aliphatic rings. The van der Waals surface area contributed by atoms with Gasteiger partial charge in [-0.25, -0.2) is 5.01 Å². The van der Waals surface area contributed by atoms with Crippen LogP contribution >= 0.6 is 0 Å². The third-order valence-electron chi connectivity index (χ3n) is 5.02. The normalized spacial score (nSPS) is 18.9. The molecular weight excluding hydrogens is 353 g/mol. The number of benzene rings is 2. The van der Waals surface area contributed by atoms with E-state index in [2.05, 4.69) is 19.3 Å². The monoisotopic (exact) mass is 378 g/mol. The number of hydrazine groups is 1. The number of halogens is 3. The summed E-state index contributed by atoms with van der Waals surface area (Å²) in [5, 5.41) is 2.45. The van der Waals surface area contributed by atoms with Gasteiger partial charge < -0.3 is 0 Å². The van der Waals surface area contributed by atoms with Crippen molar-refractivity contribution in [2.75, 3.05) is 6.54 Å². The molecule has 1 amide bonds. The van der Waals surface area contributed by atoms with E-state index in [0.29, 0.717) is 11.3 Å². The third kappa shape index (κ3) is 3.81. The number of carbonyl (C=O) groups is 1. The second kappa shape index (κ2) is 6.82. The van der Waals surface area contributed by atoms with Crippen molar-refractivity contribution >= 4 is 16.7 Å². The molecule has 2 aromatic rings. The zero-order chi connectivity index (χ0) is 20.0. The van der Waals surface area contributed by atoms with Crippen LogP contribution in [0.15, 0.2) is 36.4 Å². The van der Waals surface area contributed by atoms with E-state index in [1.54, 1.807) is 26.0 Å². The van der Waals surface area contributed by atoms with Gasteiger partial charge in [-0.1, -0.05) is 50.2 Å². The summed E-state index contributed by atoms with van der Waals surface area (Å²) in [5.74, 6) is 0.00817. The molecule has 3 rings (SSSR count). The van der Waals surface area contributed by atoms with Crippen LogP contribution in [0.3, 0.4) is 0 Å². The van der Waals surface area contributed by atoms with Gasteiger partial charge in [0.05, 0.1) is 5.41 Å². The van der Waals surface area contributed by atoms with Crippen molar-refractivity contribution in [1.29, 1.82) is 0 Å². The Hall–Kier alpha value is -2.08. The van der Waals surface area contributed by atoms with Crippen molar-refractivity contribution in [3.63, 3.8) is 0 Å². The second-order valence-electron chi connectivity index (χ2n) is 8.35. The topological polar surface area (TPSA) is 32.3 Å². The van der Waals surface area contributed by atoms with Crippen LogP contribution in [0.25, 0.3) is 10.8 Å². The van der Waals surface area contributed by atoms with Crippen LogP contribution in [0.2, 0.25) is 0 Å². The maximum Gasteiger partial charge on any atom is 0.409 e. The minimum absolute atomic E-state index is 0.00190. The highest BCUT2D eigenvalue weighted by molar-refractivity contribution is 5.89. The molecule has 0 aromatic heterocycles. The van der Waals surface area contributed by atoms with Crippen LogP contribution in [0.5, 0.6) is 0 Å². The summed E-state index contributed by atoms with van der Waals surface area (Å²) in [6.45, 7) is 7.48. The molecule has 1 atom stereocenters. The summed E-state index contributed by atoms with van der Waals surface area (Å²) in [4.78, 5) is 12.1. The van der Waals surface area contributed by atoms with Crippen LogP contribution in [-0.2, 0) is 11.2 Å². The Morgan fingerprint density at radius 1 is 1.11 bits per heavy atom. The molecule has 0 aliphatic carbocycles. The van der Waals surface area contributed by atoms with Crippen molar-refractivity contribution in [2.45, 2.75) is 46.3 Å². The number of nitrogens with zero attached hydrogens (tertiary/aromatic N) is 1. The van der Waals surface area contributed by atoms with Crippen LogP contribution < -0.4 is 5.43 Å². The number of carbonyl (C=O) groups excluding carboxylic acids is 1. The zero-order valence-corrected chi connectivity index (χ0v) is 16.0. The molecule has 0 bridgehead atoms. The van der Waals surface area contributed by atoms with E-state index in [-0.39, 0.29) is 12.1 Å². The van der Waals surface area contributed by atoms with Crippen LogP contribution in [0, 0.1) is 11.3 Å². The van der Waals surface area contributed by atoms with Gasteiger partial charge in [0.15, 0.2) is 6.04 Å². The molecule has 1 aliphatic heterocycles. The van der Waals surface area contributed by atoms with Crippen molar-refractivity contribution in [3.05, 3.63) is 47.5 Å². The van der Waals surface area contributed by atoms with Gasteiger partial charge >= 0.3 is 6.18 Å². The minimum Gasteiger partial charge on any atom is -0.287 e. The number of alkyl halides is 3. The number of fused-ring (bicyclic) bond motifs is 1. The number of hydrogen-bond acceptors (Lipinski definition) is 2.